The van der Waals surface area contributed by atoms with Gasteiger partial charge in [0.1, 0.15) is 23.6 Å². The van der Waals surface area contributed by atoms with Gasteiger partial charge in [-0.25, -0.2) is 4.39 Å². The molecule has 0 aliphatic heterocycles. The molecule has 0 unspecified atom stereocenters. The number of hydrogen-bond acceptors (Lipinski definition) is 4. The summed E-state index contributed by atoms with van der Waals surface area (Å²) in [5.41, 5.74) is 0.559. The van der Waals surface area contributed by atoms with Crippen LogP contribution in [0.2, 0.25) is 5.02 Å². The first-order chi connectivity index (χ1) is 9.47. The molecule has 0 atom stereocenters. The summed E-state index contributed by atoms with van der Waals surface area (Å²) in [6, 6.07) is 7.61. The van der Waals surface area contributed by atoms with Gasteiger partial charge >= 0.3 is 0 Å². The van der Waals surface area contributed by atoms with Gasteiger partial charge in [0.25, 0.3) is 0 Å². The van der Waals surface area contributed by atoms with E-state index in [4.69, 9.17) is 21.8 Å². The Morgan fingerprint density at radius 2 is 1.70 bits per heavy atom. The van der Waals surface area contributed by atoms with E-state index in [1.54, 1.807) is 0 Å². The second-order valence-electron chi connectivity index (χ2n) is 3.65. The molecule has 0 aromatic heterocycles. The molecule has 104 valence electrons. The molecule has 6 heteroatoms. The van der Waals surface area contributed by atoms with E-state index in [0.717, 1.165) is 12.1 Å². The second-order valence-corrected chi connectivity index (χ2v) is 4.06. The zero-order valence-electron chi connectivity index (χ0n) is 10.1. The molecule has 0 saturated heterocycles. The molecule has 0 saturated carbocycles. The van der Waals surface area contributed by atoms with E-state index in [0.29, 0.717) is 18.1 Å². The lowest BCUT2D eigenvalue weighted by Gasteiger charge is -1.95. The largest absolute Gasteiger partial charge is 0.508 e. The number of aromatic hydroxyl groups is 2. The number of benzene rings is 2. The summed E-state index contributed by atoms with van der Waals surface area (Å²) in [5, 5.41) is 17.6. The molecule has 2 rings (SSSR count). The minimum absolute atomic E-state index is 0.0235. The molecule has 2 aromatic carbocycles. The van der Waals surface area contributed by atoms with E-state index >= 15 is 0 Å². The van der Waals surface area contributed by atoms with Gasteiger partial charge in [0.2, 0.25) is 0 Å². The van der Waals surface area contributed by atoms with Crippen LogP contribution in [0.1, 0.15) is 20.7 Å². The summed E-state index contributed by atoms with van der Waals surface area (Å²) >= 11 is 5.36. The Hall–Kier alpha value is -2.40. The van der Waals surface area contributed by atoms with Gasteiger partial charge in [-0.2, -0.15) is 0 Å². The molecular weight excluding hydrogens is 287 g/mol. The first-order valence-corrected chi connectivity index (χ1v) is 5.73. The van der Waals surface area contributed by atoms with Crippen molar-refractivity contribution >= 4 is 24.2 Å². The smallest absolute Gasteiger partial charge is 0.153 e. The molecule has 0 aliphatic rings. The molecule has 2 N–H and O–H groups in total. The summed E-state index contributed by atoms with van der Waals surface area (Å²) in [5.74, 6) is -0.759. The minimum Gasteiger partial charge on any atom is -0.508 e. The molecule has 0 bridgehead atoms. The first-order valence-electron chi connectivity index (χ1n) is 5.35. The maximum atomic E-state index is 12.4. The topological polar surface area (TPSA) is 74.6 Å². The van der Waals surface area contributed by atoms with Crippen molar-refractivity contribution in [1.29, 1.82) is 0 Å². The zero-order chi connectivity index (χ0) is 15.1. The van der Waals surface area contributed by atoms with E-state index in [2.05, 4.69) is 0 Å². The molecule has 4 nitrogen and oxygen atoms in total. The highest BCUT2D eigenvalue weighted by Crippen LogP contribution is 2.20. The van der Waals surface area contributed by atoms with Gasteiger partial charge in [-0.1, -0.05) is 11.6 Å². The summed E-state index contributed by atoms with van der Waals surface area (Å²) < 4.78 is 12.4. The van der Waals surface area contributed by atoms with Crippen LogP contribution in [0.15, 0.2) is 36.4 Å². The average molecular weight is 297 g/mol. The lowest BCUT2D eigenvalue weighted by molar-refractivity contribution is 0.111. The van der Waals surface area contributed by atoms with Crippen LogP contribution in [-0.4, -0.2) is 22.8 Å². The van der Waals surface area contributed by atoms with E-state index in [1.165, 1.54) is 24.3 Å². The highest BCUT2D eigenvalue weighted by molar-refractivity contribution is 6.31. The molecular formula is C14H10ClFO4. The third-order valence-electron chi connectivity index (χ3n) is 2.22. The normalized spacial score (nSPS) is 9.30. The minimum atomic E-state index is -0.507. The van der Waals surface area contributed by atoms with Crippen molar-refractivity contribution in [3.8, 4) is 11.5 Å². The quantitative estimate of drug-likeness (QED) is 0.835. The van der Waals surface area contributed by atoms with Crippen molar-refractivity contribution < 1.29 is 24.2 Å². The maximum Gasteiger partial charge on any atom is 0.153 e. The van der Waals surface area contributed by atoms with Crippen LogP contribution in [0.3, 0.4) is 0 Å². The fraction of sp³-hybridized carbons (Fsp3) is 0. The monoisotopic (exact) mass is 296 g/mol. The molecule has 2 aromatic rings. The fourth-order valence-electron chi connectivity index (χ4n) is 1.22. The summed E-state index contributed by atoms with van der Waals surface area (Å²) in [7, 11) is 0. The van der Waals surface area contributed by atoms with E-state index in [-0.39, 0.29) is 22.1 Å². The van der Waals surface area contributed by atoms with Gasteiger partial charge in [0, 0.05) is 11.6 Å². The number of carbonyl (C=O) groups excluding carboxylic acids is 2. The van der Waals surface area contributed by atoms with Crippen molar-refractivity contribution in [2.45, 2.75) is 0 Å². The summed E-state index contributed by atoms with van der Waals surface area (Å²) in [6.07, 6.45) is 1.14. The average Bonchev–Trinajstić information content (AvgIpc) is 2.43. The molecule has 0 aliphatic carbocycles. The Balaban J connectivity index is 0.000000200. The SMILES string of the molecule is O=Cc1ccc(F)c(Cl)c1.O=Cc1ccc(O)cc1O. The van der Waals surface area contributed by atoms with Crippen LogP contribution in [0, 0.1) is 5.82 Å². The van der Waals surface area contributed by atoms with Crippen molar-refractivity contribution in [3.63, 3.8) is 0 Å². The Morgan fingerprint density at radius 1 is 1.00 bits per heavy atom. The Morgan fingerprint density at radius 3 is 2.20 bits per heavy atom. The van der Waals surface area contributed by atoms with Crippen molar-refractivity contribution in [2.75, 3.05) is 0 Å². The van der Waals surface area contributed by atoms with Gasteiger partial charge in [0.05, 0.1) is 10.6 Å². The number of carbonyl (C=O) groups is 2. The van der Waals surface area contributed by atoms with E-state index in [9.17, 15) is 14.0 Å². The van der Waals surface area contributed by atoms with Crippen LogP contribution in [0.5, 0.6) is 11.5 Å². The third kappa shape index (κ3) is 4.37. The molecule has 0 fully saturated rings. The third-order valence-corrected chi connectivity index (χ3v) is 2.51. The first kappa shape index (κ1) is 15.7. The highest BCUT2D eigenvalue weighted by atomic mass is 35.5. The number of halogens is 2. The summed E-state index contributed by atoms with van der Waals surface area (Å²) in [6.45, 7) is 0. The van der Waals surface area contributed by atoms with Gasteiger partial charge in [0.15, 0.2) is 6.29 Å². The van der Waals surface area contributed by atoms with Crippen molar-refractivity contribution in [1.82, 2.24) is 0 Å². The number of rotatable bonds is 2. The Labute approximate surface area is 119 Å². The predicted octanol–water partition coefficient (Wildman–Crippen LogP) is 3.20. The van der Waals surface area contributed by atoms with Crippen molar-refractivity contribution in [3.05, 3.63) is 58.4 Å². The van der Waals surface area contributed by atoms with Gasteiger partial charge in [-0.05, 0) is 30.3 Å². The lowest BCUT2D eigenvalue weighted by Crippen LogP contribution is -1.81. The van der Waals surface area contributed by atoms with Crippen LogP contribution in [0.4, 0.5) is 4.39 Å². The Kier molecular flexibility index (Phi) is 5.68. The fourth-order valence-corrected chi connectivity index (χ4v) is 1.41. The Bertz CT molecular complexity index is 629. The standard InChI is InChI=1S/C7H4ClFO.C7H6O3/c8-6-3-5(4-10)1-2-7(6)9;8-4-5-1-2-6(9)3-7(5)10/h1-4H;1-4,9-10H. The highest BCUT2D eigenvalue weighted by Gasteiger charge is 1.99. The van der Waals surface area contributed by atoms with Crippen LogP contribution in [-0.2, 0) is 0 Å². The lowest BCUT2D eigenvalue weighted by atomic mass is 10.2. The number of phenolic OH excluding ortho intramolecular Hbond substituents is 2. The molecule has 20 heavy (non-hydrogen) atoms. The molecule has 0 spiro atoms. The molecule has 0 radical (unpaired) electrons. The second kappa shape index (κ2) is 7.25. The van der Waals surface area contributed by atoms with Gasteiger partial charge in [-0.15, -0.1) is 0 Å². The summed E-state index contributed by atoms with van der Waals surface area (Å²) in [4.78, 5) is 20.2. The molecule has 0 heterocycles. The molecule has 0 amide bonds. The van der Waals surface area contributed by atoms with E-state index < -0.39 is 5.82 Å². The predicted molar refractivity (Wildman–Crippen MR) is 72.0 cm³/mol. The number of hydrogen-bond donors (Lipinski definition) is 2. The van der Waals surface area contributed by atoms with Crippen molar-refractivity contribution in [2.24, 2.45) is 0 Å². The van der Waals surface area contributed by atoms with Crippen LogP contribution >= 0.6 is 11.6 Å². The number of aldehydes is 2. The van der Waals surface area contributed by atoms with Gasteiger partial charge in [-0.3, -0.25) is 9.59 Å². The van der Waals surface area contributed by atoms with Gasteiger partial charge < -0.3 is 10.2 Å². The van der Waals surface area contributed by atoms with Crippen LogP contribution in [0.25, 0.3) is 0 Å². The maximum absolute atomic E-state index is 12.4. The number of phenols is 2. The van der Waals surface area contributed by atoms with E-state index in [1.807, 2.05) is 0 Å². The van der Waals surface area contributed by atoms with Crippen LogP contribution < -0.4 is 0 Å². The zero-order valence-corrected chi connectivity index (χ0v) is 10.8.